The van der Waals surface area contributed by atoms with Crippen molar-refractivity contribution in [3.05, 3.63) is 143 Å². The number of hydrogen-bond donors (Lipinski definition) is 1. The molecule has 19 heteroatoms. The average molecular weight is 1720 g/mol. The molecular formula is C105H158O19. The van der Waals surface area contributed by atoms with Crippen molar-refractivity contribution in [3.8, 4) is 34.5 Å². The van der Waals surface area contributed by atoms with E-state index in [1.807, 2.05) is 61.5 Å². The number of hydrogen-bond acceptors (Lipinski definition) is 19. The first kappa shape index (κ1) is 106. The highest BCUT2D eigenvalue weighted by Crippen LogP contribution is 2.40. The molecule has 0 bridgehead atoms. The molecule has 124 heavy (non-hydrogen) atoms. The number of benzene rings is 5. The molecule has 0 spiro atoms. The van der Waals surface area contributed by atoms with Gasteiger partial charge in [-0.15, -0.1) is 0 Å². The Labute approximate surface area is 745 Å². The van der Waals surface area contributed by atoms with Crippen LogP contribution >= 0.6 is 0 Å². The van der Waals surface area contributed by atoms with E-state index in [1.165, 1.54) is 159 Å². The summed E-state index contributed by atoms with van der Waals surface area (Å²) in [7, 11) is 1.29. The van der Waals surface area contributed by atoms with Crippen molar-refractivity contribution in [2.24, 2.45) is 11.8 Å². The maximum Gasteiger partial charge on any atom is 0.343 e. The summed E-state index contributed by atoms with van der Waals surface area (Å²) in [5.41, 5.74) is 4.16. The maximum atomic E-state index is 13.0. The number of rotatable bonds is 65. The molecule has 1 N–H and O–H groups in total. The summed E-state index contributed by atoms with van der Waals surface area (Å²) >= 11 is 0. The third-order valence-electron chi connectivity index (χ3n) is 23.4. The zero-order chi connectivity index (χ0) is 88.9. The second-order valence-corrected chi connectivity index (χ2v) is 33.6. The molecule has 2 saturated carbocycles. The van der Waals surface area contributed by atoms with Crippen LogP contribution in [0.3, 0.4) is 0 Å². The van der Waals surface area contributed by atoms with Gasteiger partial charge in [-0.2, -0.15) is 0 Å². The average Bonchev–Trinajstić information content (AvgIpc) is 0.856. The number of ether oxygens (including phenoxy) is 11. The van der Waals surface area contributed by atoms with Crippen molar-refractivity contribution in [2.45, 2.75) is 361 Å². The molecule has 0 saturated heterocycles. The van der Waals surface area contributed by atoms with E-state index in [0.29, 0.717) is 111 Å². The zero-order valence-corrected chi connectivity index (χ0v) is 77.1. The van der Waals surface area contributed by atoms with Gasteiger partial charge in [0.05, 0.1) is 83.9 Å². The molecule has 0 radical (unpaired) electrons. The monoisotopic (exact) mass is 1720 g/mol. The Kier molecular flexibility index (Phi) is 59.6. The van der Waals surface area contributed by atoms with Crippen LogP contribution in [-0.2, 0) is 42.9 Å². The molecule has 0 amide bonds. The minimum atomic E-state index is -0.437. The van der Waals surface area contributed by atoms with Crippen LogP contribution in [0.5, 0.6) is 34.5 Å². The Morgan fingerprint density at radius 1 is 0.298 bits per heavy atom. The maximum absolute atomic E-state index is 13.0. The number of carbonyl (C=O) groups is 7. The van der Waals surface area contributed by atoms with Gasteiger partial charge in [-0.05, 0) is 241 Å². The molecule has 7 rings (SSSR count). The third kappa shape index (κ3) is 49.5. The van der Waals surface area contributed by atoms with Gasteiger partial charge in [0, 0.05) is 19.4 Å². The lowest BCUT2D eigenvalue weighted by Crippen LogP contribution is -2.13. The number of aliphatic hydroxyl groups is 1. The van der Waals surface area contributed by atoms with Crippen LogP contribution < -0.4 is 28.4 Å². The van der Waals surface area contributed by atoms with Crippen molar-refractivity contribution in [2.75, 3.05) is 66.6 Å². The third-order valence-corrected chi connectivity index (χ3v) is 23.4. The highest BCUT2D eigenvalue weighted by atomic mass is 16.6. The van der Waals surface area contributed by atoms with E-state index in [9.17, 15) is 33.6 Å². The largest absolute Gasteiger partial charge is 0.494 e. The van der Waals surface area contributed by atoms with Crippen LogP contribution in [0, 0.1) is 11.8 Å². The molecule has 5 aromatic rings. The Balaban J connectivity index is 0.000000334. The van der Waals surface area contributed by atoms with Gasteiger partial charge in [-0.25, -0.2) is 14.4 Å². The van der Waals surface area contributed by atoms with E-state index >= 15 is 0 Å². The fourth-order valence-electron chi connectivity index (χ4n) is 15.6. The zero-order valence-electron chi connectivity index (χ0n) is 77.1. The SMILES string of the molecule is CCC(=O)OCCCCCCCCOc1ccc(OCCCCCCCCOC(=O)CCC(=O)OC)c(C(=O)OCCCCCCO)c1.CCCCCC1CCC(c2ccc(OC(=O)c3ccc(OCCCCCCCCOC(=O)CC)cc3)cc2)CC1.CCCCCCCCCOc1ccc(C(=O)Oc2ccc(C3CCC(CCCCC)CC3)cc2)cc1. The lowest BCUT2D eigenvalue weighted by Gasteiger charge is -2.29. The minimum absolute atomic E-state index is 0.0357. The molecule has 2 aliphatic carbocycles. The van der Waals surface area contributed by atoms with Gasteiger partial charge in [-0.1, -0.05) is 232 Å². The van der Waals surface area contributed by atoms with Gasteiger partial charge < -0.3 is 57.2 Å². The number of methoxy groups -OCH3 is 1. The molecule has 2 aliphatic rings. The fraction of sp³-hybridized carbons (Fsp3) is 0.648. The highest BCUT2D eigenvalue weighted by molar-refractivity contribution is 5.93. The van der Waals surface area contributed by atoms with E-state index < -0.39 is 11.9 Å². The van der Waals surface area contributed by atoms with E-state index in [-0.39, 0.29) is 49.3 Å². The molecule has 0 atom stereocenters. The topological polar surface area (TPSA) is 241 Å². The first-order valence-electron chi connectivity index (χ1n) is 48.5. The van der Waals surface area contributed by atoms with Crippen LogP contribution in [-0.4, -0.2) is 113 Å². The van der Waals surface area contributed by atoms with E-state index in [0.717, 1.165) is 178 Å². The van der Waals surface area contributed by atoms with E-state index in [1.54, 1.807) is 43.3 Å². The fourth-order valence-corrected chi connectivity index (χ4v) is 15.6. The molecule has 0 heterocycles. The molecule has 0 aliphatic heterocycles. The molecule has 0 aromatic heterocycles. The van der Waals surface area contributed by atoms with Crippen molar-refractivity contribution >= 4 is 41.8 Å². The van der Waals surface area contributed by atoms with Crippen LogP contribution in [0.25, 0.3) is 0 Å². The Morgan fingerprint density at radius 3 is 0.992 bits per heavy atom. The summed E-state index contributed by atoms with van der Waals surface area (Å²) in [4.78, 5) is 83.2. The van der Waals surface area contributed by atoms with Crippen molar-refractivity contribution in [1.29, 1.82) is 0 Å². The molecule has 2 fully saturated rings. The standard InChI is InChI=1S/C37H60O11.C35H50O5.C33H48O3/c1-3-34(39)46-27-17-11-6-4-9-15-25-44-31-20-21-33(32(30-31)37(42)48-29-19-13-8-14-24-38)45-26-16-10-5-7-12-18-28-47-36(41)23-22-35(40)43-2;1-3-5-10-13-28-14-16-29(17-15-28)30-18-24-33(25-19-30)40-35(37)31-20-22-32(23-21-31)38-26-11-8-6-7-9-12-27-39-34(36)4-2;1-3-5-7-8-9-10-12-26-35-31-22-20-30(21-23-31)33(34)36-32-24-18-29(19-25-32)28-16-14-27(15-17-28)13-11-6-4-2/h20-21,30,38H,3-19,22-29H2,1-2H3;18-25,28-29H,3-17,26-27H2,1-2H3;18-25,27-28H,3-17,26H2,1-2H3. The molecule has 5 aromatic carbocycles. The van der Waals surface area contributed by atoms with Crippen LogP contribution in [0.15, 0.2) is 115 Å². The smallest absolute Gasteiger partial charge is 0.343 e. The van der Waals surface area contributed by atoms with Gasteiger partial charge in [0.15, 0.2) is 0 Å². The normalized spacial score (nSPS) is 14.7. The Morgan fingerprint density at radius 2 is 0.613 bits per heavy atom. The van der Waals surface area contributed by atoms with Crippen LogP contribution in [0.1, 0.15) is 403 Å². The first-order valence-corrected chi connectivity index (χ1v) is 48.5. The summed E-state index contributed by atoms with van der Waals surface area (Å²) < 4.78 is 60.3. The number of esters is 7. The number of unbranched alkanes of at least 4 members (excludes halogenated alkanes) is 28. The molecule has 19 nitrogen and oxygen atoms in total. The molecule has 0 unspecified atom stereocenters. The summed E-state index contributed by atoms with van der Waals surface area (Å²) in [5.74, 6) is 4.76. The van der Waals surface area contributed by atoms with Gasteiger partial charge in [-0.3, -0.25) is 19.2 Å². The lowest BCUT2D eigenvalue weighted by atomic mass is 9.77. The van der Waals surface area contributed by atoms with Crippen molar-refractivity contribution in [3.63, 3.8) is 0 Å². The van der Waals surface area contributed by atoms with Gasteiger partial charge in [0.2, 0.25) is 0 Å². The predicted octanol–water partition coefficient (Wildman–Crippen LogP) is 26.6. The summed E-state index contributed by atoms with van der Waals surface area (Å²) in [6, 6.07) is 36.1. The van der Waals surface area contributed by atoms with Crippen LogP contribution in [0.2, 0.25) is 0 Å². The predicted molar refractivity (Wildman–Crippen MR) is 493 cm³/mol. The second-order valence-electron chi connectivity index (χ2n) is 33.6. The Bertz CT molecular complexity index is 3580. The van der Waals surface area contributed by atoms with Gasteiger partial charge in [0.1, 0.15) is 40.1 Å². The van der Waals surface area contributed by atoms with Crippen molar-refractivity contribution < 1.29 is 90.8 Å². The molecular weight excluding hydrogens is 1570 g/mol. The van der Waals surface area contributed by atoms with E-state index in [4.69, 9.17) is 52.5 Å². The second kappa shape index (κ2) is 69.7. The summed E-state index contributed by atoms with van der Waals surface area (Å²) in [6.45, 7) is 14.7. The van der Waals surface area contributed by atoms with E-state index in [2.05, 4.69) is 49.8 Å². The lowest BCUT2D eigenvalue weighted by molar-refractivity contribution is -0.149. The number of aliphatic hydroxyl groups excluding tert-OH is 1. The first-order chi connectivity index (χ1) is 60.7. The quantitative estimate of drug-likeness (QED) is 0.0165. The van der Waals surface area contributed by atoms with Gasteiger partial charge >= 0.3 is 41.8 Å². The van der Waals surface area contributed by atoms with Crippen molar-refractivity contribution in [1.82, 2.24) is 0 Å². The van der Waals surface area contributed by atoms with Gasteiger partial charge in [0.25, 0.3) is 0 Å². The Hall–Kier alpha value is -8.45. The van der Waals surface area contributed by atoms with Crippen LogP contribution in [0.4, 0.5) is 0 Å². The minimum Gasteiger partial charge on any atom is -0.494 e. The molecule has 692 valence electrons. The summed E-state index contributed by atoms with van der Waals surface area (Å²) in [6.07, 6.45) is 52.5. The summed E-state index contributed by atoms with van der Waals surface area (Å²) in [5, 5.41) is 8.95. The number of carbonyl (C=O) groups excluding carboxylic acids is 7. The highest BCUT2D eigenvalue weighted by Gasteiger charge is 2.25.